The molecule has 0 rings (SSSR count). The van der Waals surface area contributed by atoms with Crippen molar-refractivity contribution in [3.63, 3.8) is 0 Å². The summed E-state index contributed by atoms with van der Waals surface area (Å²) in [6, 6.07) is 0. The van der Waals surface area contributed by atoms with Crippen LogP contribution in [0.2, 0.25) is 0 Å². The molecule has 68 valence electrons. The Morgan fingerprint density at radius 3 is 2.08 bits per heavy atom. The van der Waals surface area contributed by atoms with E-state index in [-0.39, 0.29) is 5.41 Å². The van der Waals surface area contributed by atoms with Gasteiger partial charge in [-0.2, -0.15) is 0 Å². The van der Waals surface area contributed by atoms with Gasteiger partial charge >= 0.3 is 0 Å². The van der Waals surface area contributed by atoms with E-state index in [0.717, 1.165) is 11.4 Å². The van der Waals surface area contributed by atoms with Crippen molar-refractivity contribution in [2.75, 3.05) is 0 Å². The first-order valence-corrected chi connectivity index (χ1v) is 4.23. The lowest BCUT2D eigenvalue weighted by Crippen LogP contribution is -2.16. The summed E-state index contributed by atoms with van der Waals surface area (Å²) in [6.45, 7) is 14.1. The maximum absolute atomic E-state index is 4.44. The van der Waals surface area contributed by atoms with Crippen LogP contribution in [0.5, 0.6) is 0 Å². The molecular weight excluding hydrogens is 146 g/mol. The second-order valence-electron chi connectivity index (χ2n) is 3.99. The van der Waals surface area contributed by atoms with Gasteiger partial charge in [0.1, 0.15) is 0 Å². The van der Waals surface area contributed by atoms with E-state index in [1.165, 1.54) is 0 Å². The molecule has 0 aromatic rings. The third kappa shape index (κ3) is 4.12. The summed E-state index contributed by atoms with van der Waals surface area (Å²) in [4.78, 5) is 4.44. The lowest BCUT2D eigenvalue weighted by molar-refractivity contribution is 0.587. The number of hydrogen-bond donors (Lipinski definition) is 0. The number of rotatable bonds is 2. The molecule has 12 heavy (non-hydrogen) atoms. The van der Waals surface area contributed by atoms with Crippen molar-refractivity contribution in [2.45, 2.75) is 34.6 Å². The van der Waals surface area contributed by atoms with Crippen molar-refractivity contribution in [3.8, 4) is 0 Å². The fourth-order valence-corrected chi connectivity index (χ4v) is 0.640. The normalized spacial score (nSPS) is 14.8. The van der Waals surface area contributed by atoms with Gasteiger partial charge in [-0.3, -0.25) is 4.99 Å². The molecule has 0 aliphatic rings. The van der Waals surface area contributed by atoms with Crippen LogP contribution in [0, 0.1) is 5.41 Å². The molecule has 0 aliphatic carbocycles. The molecule has 0 heterocycles. The van der Waals surface area contributed by atoms with Crippen molar-refractivity contribution in [1.29, 1.82) is 0 Å². The molecule has 1 nitrogen and oxygen atoms in total. The summed E-state index contributed by atoms with van der Waals surface area (Å²) in [7, 11) is 0. The third-order valence-electron chi connectivity index (χ3n) is 1.79. The Balaban J connectivity index is 4.57. The molecular formula is C11H19N. The van der Waals surface area contributed by atoms with Crippen LogP contribution >= 0.6 is 0 Å². The molecule has 0 N–H and O–H groups in total. The fourth-order valence-electron chi connectivity index (χ4n) is 0.640. The first kappa shape index (κ1) is 11.2. The van der Waals surface area contributed by atoms with E-state index < -0.39 is 0 Å². The van der Waals surface area contributed by atoms with Gasteiger partial charge in [0.25, 0.3) is 0 Å². The zero-order chi connectivity index (χ0) is 9.78. The standard InChI is InChI=1S/C11H19N/c1-7-8-9(2)12-10(3)11(4,5)6/h7-8H,1H2,2-6H3/b9-8+,12-10+. The van der Waals surface area contributed by atoms with Crippen molar-refractivity contribution in [1.82, 2.24) is 0 Å². The zero-order valence-electron chi connectivity index (χ0n) is 8.81. The maximum Gasteiger partial charge on any atom is 0.0371 e. The van der Waals surface area contributed by atoms with E-state index in [1.54, 1.807) is 6.08 Å². The lowest BCUT2D eigenvalue weighted by Gasteiger charge is -2.17. The Hall–Kier alpha value is -0.850. The molecule has 0 aromatic carbocycles. The van der Waals surface area contributed by atoms with E-state index in [2.05, 4.69) is 39.3 Å². The Labute approximate surface area is 75.9 Å². The highest BCUT2D eigenvalue weighted by atomic mass is 14.8. The minimum atomic E-state index is 0.163. The minimum Gasteiger partial charge on any atom is -0.262 e. The quantitative estimate of drug-likeness (QED) is 0.438. The first-order chi connectivity index (χ1) is 5.38. The van der Waals surface area contributed by atoms with Crippen molar-refractivity contribution < 1.29 is 0 Å². The molecule has 0 fully saturated rings. The summed E-state index contributed by atoms with van der Waals surface area (Å²) < 4.78 is 0. The van der Waals surface area contributed by atoms with Gasteiger partial charge in [-0.25, -0.2) is 0 Å². The summed E-state index contributed by atoms with van der Waals surface area (Å²) >= 11 is 0. The highest BCUT2D eigenvalue weighted by Gasteiger charge is 2.13. The van der Waals surface area contributed by atoms with Crippen LogP contribution in [-0.2, 0) is 0 Å². The molecule has 0 aromatic heterocycles. The summed E-state index contributed by atoms with van der Waals surface area (Å²) in [5.74, 6) is 0. The molecule has 1 heteroatoms. The summed E-state index contributed by atoms with van der Waals surface area (Å²) in [5.41, 5.74) is 2.33. The highest BCUT2D eigenvalue weighted by molar-refractivity contribution is 5.87. The van der Waals surface area contributed by atoms with Crippen LogP contribution in [0.25, 0.3) is 0 Å². The van der Waals surface area contributed by atoms with Crippen LogP contribution in [0.1, 0.15) is 34.6 Å². The molecule has 0 amide bonds. The molecule has 0 aliphatic heterocycles. The smallest absolute Gasteiger partial charge is 0.0371 e. The second-order valence-corrected chi connectivity index (χ2v) is 3.99. The predicted octanol–water partition coefficient (Wildman–Crippen LogP) is 3.58. The van der Waals surface area contributed by atoms with Crippen molar-refractivity contribution >= 4 is 5.71 Å². The van der Waals surface area contributed by atoms with Gasteiger partial charge in [-0.05, 0) is 25.3 Å². The van der Waals surface area contributed by atoms with Crippen LogP contribution in [0.15, 0.2) is 29.4 Å². The highest BCUT2D eigenvalue weighted by Crippen LogP contribution is 2.16. The predicted molar refractivity (Wildman–Crippen MR) is 56.5 cm³/mol. The molecule has 0 spiro atoms. The second kappa shape index (κ2) is 4.24. The number of nitrogens with zero attached hydrogens (tertiary/aromatic N) is 1. The van der Waals surface area contributed by atoms with Gasteiger partial charge < -0.3 is 0 Å². The van der Waals surface area contributed by atoms with Gasteiger partial charge in [0, 0.05) is 11.4 Å². The van der Waals surface area contributed by atoms with Gasteiger partial charge in [-0.15, -0.1) is 0 Å². The van der Waals surface area contributed by atoms with Crippen molar-refractivity contribution in [2.24, 2.45) is 10.4 Å². The van der Waals surface area contributed by atoms with E-state index in [9.17, 15) is 0 Å². The molecule has 0 saturated carbocycles. The lowest BCUT2D eigenvalue weighted by atomic mass is 9.91. The number of aliphatic imine (C=N–C) groups is 1. The van der Waals surface area contributed by atoms with Crippen molar-refractivity contribution in [3.05, 3.63) is 24.4 Å². The number of hydrogen-bond acceptors (Lipinski definition) is 1. The average Bonchev–Trinajstić information content (AvgIpc) is 1.85. The zero-order valence-corrected chi connectivity index (χ0v) is 8.81. The fraction of sp³-hybridized carbons (Fsp3) is 0.545. The van der Waals surface area contributed by atoms with Crippen LogP contribution in [-0.4, -0.2) is 5.71 Å². The average molecular weight is 165 g/mol. The van der Waals surface area contributed by atoms with Gasteiger partial charge in [0.2, 0.25) is 0 Å². The Kier molecular flexibility index (Phi) is 3.94. The Morgan fingerprint density at radius 2 is 1.75 bits per heavy atom. The van der Waals surface area contributed by atoms with E-state index >= 15 is 0 Å². The van der Waals surface area contributed by atoms with Crippen LogP contribution in [0.4, 0.5) is 0 Å². The molecule has 0 unspecified atom stereocenters. The third-order valence-corrected chi connectivity index (χ3v) is 1.79. The largest absolute Gasteiger partial charge is 0.262 e. The molecule has 0 radical (unpaired) electrons. The summed E-state index contributed by atoms with van der Waals surface area (Å²) in [5, 5.41) is 0. The van der Waals surface area contributed by atoms with E-state index in [1.807, 2.05) is 13.0 Å². The number of allylic oxidation sites excluding steroid dienone is 3. The molecule has 0 atom stereocenters. The van der Waals surface area contributed by atoms with Crippen LogP contribution in [0.3, 0.4) is 0 Å². The minimum absolute atomic E-state index is 0.163. The summed E-state index contributed by atoms with van der Waals surface area (Å²) in [6.07, 6.45) is 3.67. The van der Waals surface area contributed by atoms with E-state index in [4.69, 9.17) is 0 Å². The monoisotopic (exact) mass is 165 g/mol. The van der Waals surface area contributed by atoms with Gasteiger partial charge in [-0.1, -0.05) is 33.4 Å². The maximum atomic E-state index is 4.44. The van der Waals surface area contributed by atoms with Gasteiger partial charge in [0.05, 0.1) is 0 Å². The molecule has 0 saturated heterocycles. The Bertz CT molecular complexity index is 214. The Morgan fingerprint density at radius 1 is 1.25 bits per heavy atom. The van der Waals surface area contributed by atoms with Crippen LogP contribution < -0.4 is 0 Å². The SMILES string of the molecule is C=C/C=C(C)/N=C(\C)C(C)(C)C. The molecule has 0 bridgehead atoms. The topological polar surface area (TPSA) is 12.4 Å². The van der Waals surface area contributed by atoms with Gasteiger partial charge in [0.15, 0.2) is 0 Å². The first-order valence-electron chi connectivity index (χ1n) is 4.23. The van der Waals surface area contributed by atoms with E-state index in [0.29, 0.717) is 0 Å².